The van der Waals surface area contributed by atoms with Crippen LogP contribution in [-0.4, -0.2) is 75.8 Å². The molecule has 5 atom stereocenters. The van der Waals surface area contributed by atoms with Gasteiger partial charge in [0.25, 0.3) is 19.6 Å². The highest BCUT2D eigenvalue weighted by Crippen LogP contribution is 2.55. The molecule has 1 fully saturated rings. The van der Waals surface area contributed by atoms with E-state index in [1.165, 1.54) is 21.5 Å². The molecular weight excluding hydrogens is 866 g/mol. The van der Waals surface area contributed by atoms with E-state index in [2.05, 4.69) is 31.0 Å². The predicted octanol–water partition coefficient (Wildman–Crippen LogP) is 5.78. The molecule has 3 aromatic heterocycles. The summed E-state index contributed by atoms with van der Waals surface area (Å²) in [4.78, 5) is 56.0. The van der Waals surface area contributed by atoms with Gasteiger partial charge in [0.15, 0.2) is 5.60 Å². The molecule has 344 valence electrons. The van der Waals surface area contributed by atoms with E-state index in [9.17, 15) is 24.4 Å². The molecule has 1 saturated heterocycles. The third-order valence-electron chi connectivity index (χ3n) is 11.6. The first-order chi connectivity index (χ1) is 31.8. The van der Waals surface area contributed by atoms with E-state index in [1.807, 2.05) is 107 Å². The minimum atomic E-state index is -1.85. The van der Waals surface area contributed by atoms with Gasteiger partial charge in [0.2, 0.25) is 0 Å². The minimum absolute atomic E-state index is 0.00834. The van der Waals surface area contributed by atoms with Gasteiger partial charge in [-0.3, -0.25) is 28.7 Å². The number of rotatable bonds is 17. The highest BCUT2D eigenvalue weighted by atomic mass is 31.2. The van der Waals surface area contributed by atoms with Crippen LogP contribution in [0.15, 0.2) is 117 Å². The fourth-order valence-corrected chi connectivity index (χ4v) is 10.4. The second-order valence-corrected chi connectivity index (χ2v) is 18.3. The van der Waals surface area contributed by atoms with E-state index in [1.54, 1.807) is 24.7 Å². The molecule has 2 aliphatic heterocycles. The fourth-order valence-electron chi connectivity index (χ4n) is 8.64. The number of nitriles is 1. The Morgan fingerprint density at radius 3 is 2.14 bits per heavy atom. The average Bonchev–Trinajstić information content (AvgIpc) is 3.92. The van der Waals surface area contributed by atoms with E-state index in [4.69, 9.17) is 23.3 Å². The largest absolute Gasteiger partial charge is 0.457 e. The number of aromatic nitrogens is 7. The smallest absolute Gasteiger partial charge is 0.330 e. The average molecular weight is 918 g/mol. The van der Waals surface area contributed by atoms with Crippen LogP contribution in [0, 0.1) is 25.2 Å². The topological polar surface area (TPSA) is 214 Å². The number of nitrogens with zero attached hydrogens (tertiary/aromatic N) is 7. The molecular formula is C47H52N9O9P. The van der Waals surface area contributed by atoms with Crippen molar-refractivity contribution in [2.24, 2.45) is 0 Å². The zero-order chi connectivity index (χ0) is 46.7. The van der Waals surface area contributed by atoms with Gasteiger partial charge in [0, 0.05) is 53.2 Å². The van der Waals surface area contributed by atoms with Crippen molar-refractivity contribution in [3.63, 3.8) is 0 Å². The van der Waals surface area contributed by atoms with Gasteiger partial charge in [-0.2, -0.15) is 5.26 Å². The molecule has 0 radical (unpaired) electrons. The van der Waals surface area contributed by atoms with Crippen molar-refractivity contribution in [3.8, 4) is 17.6 Å². The normalized spacial score (nSPS) is 18.5. The predicted molar refractivity (Wildman–Crippen MR) is 244 cm³/mol. The Morgan fingerprint density at radius 1 is 0.864 bits per heavy atom. The van der Waals surface area contributed by atoms with Crippen LogP contribution in [0.2, 0.25) is 0 Å². The minimum Gasteiger partial charge on any atom is -0.457 e. The van der Waals surface area contributed by atoms with Gasteiger partial charge >= 0.3 is 11.4 Å². The Balaban J connectivity index is 1.30. The lowest BCUT2D eigenvalue weighted by atomic mass is 9.77. The number of aryl methyl sites for hydroxylation is 2. The molecule has 0 spiro atoms. The standard InChI is InChI=1S/C47H52N9O9P/c1-29(2)56(30(3)4)66(61-22-14-21-48)65-39-23-41(55-25-32(6)44(58)50-46(55)60)63-42(39)40(28-54-27-34(51-52-54)26-53-24-31(5)43(57)49-45(53)59)64-47(33-15-8-7-9-16-33)35-17-10-12-19-37(35)62-38-20-13-11-18-36(38)47/h7-13,15-20,24-25,27,29-30,39-42H,14,22-23,26,28H2,1-6H3,(H,49,57,59)(H,50,58,60)/t39-,40-,41+,42-,66?/m0/s1. The SMILES string of the molecule is Cc1cn(Cc2cn(C[C@H](OC3(c4ccccc4)c4ccccc4Oc4ccccc43)[C@H]3O[C@@H](n4cc(C)c(=O)[nH]c4=O)C[C@@H]3OP(OCCC#N)N(C(C)C)C(C)C)nn2)c(=O)[nH]c1=O. The molecule has 3 aromatic carbocycles. The molecule has 5 heterocycles. The molecule has 2 N–H and O–H groups in total. The fraction of sp³-hybridized carbons (Fsp3) is 0.383. The van der Waals surface area contributed by atoms with E-state index < -0.39 is 61.2 Å². The zero-order valence-electron chi connectivity index (χ0n) is 37.5. The van der Waals surface area contributed by atoms with Crippen LogP contribution in [-0.2, 0) is 37.2 Å². The summed E-state index contributed by atoms with van der Waals surface area (Å²) >= 11 is 0. The molecule has 1 unspecified atom stereocenters. The molecule has 18 nitrogen and oxygen atoms in total. The van der Waals surface area contributed by atoms with E-state index in [-0.39, 0.29) is 44.6 Å². The van der Waals surface area contributed by atoms with Gasteiger partial charge in [0.1, 0.15) is 35.6 Å². The second kappa shape index (κ2) is 19.6. The van der Waals surface area contributed by atoms with Crippen molar-refractivity contribution in [2.45, 2.75) is 110 Å². The zero-order valence-corrected chi connectivity index (χ0v) is 38.4. The summed E-state index contributed by atoms with van der Waals surface area (Å²) in [5, 5.41) is 18.5. The van der Waals surface area contributed by atoms with Crippen molar-refractivity contribution >= 4 is 8.53 Å². The Labute approximate surface area is 381 Å². The number of aromatic amines is 2. The highest BCUT2D eigenvalue weighted by Gasteiger charge is 2.52. The maximum Gasteiger partial charge on any atom is 0.330 e. The number of nitrogens with one attached hydrogen (secondary N) is 2. The summed E-state index contributed by atoms with van der Waals surface area (Å²) in [6, 6.07) is 27.3. The van der Waals surface area contributed by atoms with Gasteiger partial charge < -0.3 is 23.3 Å². The van der Waals surface area contributed by atoms with Crippen LogP contribution < -0.4 is 27.2 Å². The molecule has 0 aliphatic carbocycles. The molecule has 0 bridgehead atoms. The van der Waals surface area contributed by atoms with Crippen molar-refractivity contribution in [3.05, 3.63) is 173 Å². The lowest BCUT2D eigenvalue weighted by Crippen LogP contribution is -2.48. The summed E-state index contributed by atoms with van der Waals surface area (Å²) in [5.41, 5.74) is -0.246. The summed E-state index contributed by atoms with van der Waals surface area (Å²) < 4.78 is 41.4. The summed E-state index contributed by atoms with van der Waals surface area (Å²) in [6.45, 7) is 11.5. The molecule has 66 heavy (non-hydrogen) atoms. The van der Waals surface area contributed by atoms with Gasteiger partial charge in [-0.15, -0.1) is 5.10 Å². The number of H-pyrrole nitrogens is 2. The van der Waals surface area contributed by atoms with Gasteiger partial charge in [-0.25, -0.2) is 18.9 Å². The number of hydrogen-bond acceptors (Lipinski definition) is 13. The van der Waals surface area contributed by atoms with Crippen molar-refractivity contribution in [1.82, 2.24) is 38.8 Å². The maximum atomic E-state index is 13.6. The van der Waals surface area contributed by atoms with Gasteiger partial charge in [-0.05, 0) is 59.2 Å². The molecule has 0 saturated carbocycles. The molecule has 6 aromatic rings. The van der Waals surface area contributed by atoms with Crippen LogP contribution in [0.4, 0.5) is 0 Å². The Kier molecular flexibility index (Phi) is 13.8. The lowest BCUT2D eigenvalue weighted by molar-refractivity contribution is -0.150. The van der Waals surface area contributed by atoms with E-state index in [0.717, 1.165) is 16.7 Å². The van der Waals surface area contributed by atoms with Crippen molar-refractivity contribution in [2.75, 3.05) is 6.61 Å². The van der Waals surface area contributed by atoms with Crippen LogP contribution in [0.5, 0.6) is 11.5 Å². The molecule has 8 rings (SSSR count). The van der Waals surface area contributed by atoms with Gasteiger partial charge in [-0.1, -0.05) is 71.9 Å². The first kappa shape index (κ1) is 46.2. The molecule has 2 aliphatic rings. The number of benzene rings is 3. The number of ether oxygens (including phenoxy) is 3. The highest BCUT2D eigenvalue weighted by molar-refractivity contribution is 7.44. The molecule has 19 heteroatoms. The first-order valence-electron chi connectivity index (χ1n) is 21.8. The second-order valence-electron chi connectivity index (χ2n) is 16.9. The number of fused-ring (bicyclic) bond motifs is 2. The van der Waals surface area contributed by atoms with Crippen molar-refractivity contribution in [1.29, 1.82) is 5.26 Å². The quantitative estimate of drug-likeness (QED) is 0.0822. The number of para-hydroxylation sites is 2. The summed E-state index contributed by atoms with van der Waals surface area (Å²) in [6.07, 6.45) is 1.19. The third-order valence-corrected chi connectivity index (χ3v) is 13.7. The van der Waals surface area contributed by atoms with Crippen molar-refractivity contribution < 1.29 is 23.3 Å². The Hall–Kier alpha value is -6.32. The maximum absolute atomic E-state index is 13.6. The van der Waals surface area contributed by atoms with Crippen LogP contribution in [0.3, 0.4) is 0 Å². The molecule has 0 amide bonds. The van der Waals surface area contributed by atoms with Crippen LogP contribution in [0.25, 0.3) is 0 Å². The Morgan fingerprint density at radius 2 is 1.48 bits per heavy atom. The lowest BCUT2D eigenvalue weighted by Gasteiger charge is -2.44. The van der Waals surface area contributed by atoms with E-state index >= 15 is 0 Å². The van der Waals surface area contributed by atoms with Gasteiger partial charge in [0.05, 0.1) is 44.5 Å². The number of hydrogen-bond donors (Lipinski definition) is 2. The van der Waals surface area contributed by atoms with E-state index in [0.29, 0.717) is 28.3 Å². The summed E-state index contributed by atoms with van der Waals surface area (Å²) in [7, 11) is -1.85. The first-order valence-corrected chi connectivity index (χ1v) is 22.9. The van der Waals surface area contributed by atoms with Crippen LogP contribution >= 0.6 is 8.53 Å². The third kappa shape index (κ3) is 9.36. The summed E-state index contributed by atoms with van der Waals surface area (Å²) in [5.74, 6) is 1.16. The van der Waals surface area contributed by atoms with Crippen LogP contribution in [0.1, 0.15) is 80.3 Å². The Bertz CT molecular complexity index is 2900. The monoisotopic (exact) mass is 917 g/mol.